The van der Waals surface area contributed by atoms with E-state index in [2.05, 4.69) is 35.3 Å². The second kappa shape index (κ2) is 6.91. The Balaban J connectivity index is 1.78. The molecule has 6 nitrogen and oxygen atoms in total. The van der Waals surface area contributed by atoms with Gasteiger partial charge in [0.15, 0.2) is 11.5 Å². The number of allylic oxidation sites excluding steroid dienone is 1. The Bertz CT molecular complexity index is 1340. The van der Waals surface area contributed by atoms with E-state index in [1.165, 1.54) is 12.1 Å². The lowest BCUT2D eigenvalue weighted by molar-refractivity contribution is 0.403. The molecule has 0 unspecified atom stereocenters. The van der Waals surface area contributed by atoms with Crippen LogP contribution in [0.5, 0.6) is 5.88 Å². The lowest BCUT2D eigenvalue weighted by Gasteiger charge is -2.32. The molecule has 0 aliphatic carbocycles. The highest BCUT2D eigenvalue weighted by Gasteiger charge is 2.27. The minimum atomic E-state index is -0.345. The number of benzene rings is 2. The molecule has 31 heavy (non-hydrogen) atoms. The number of hydrogen-bond acceptors (Lipinski definition) is 5. The van der Waals surface area contributed by atoms with E-state index in [1.54, 1.807) is 18.0 Å². The molecule has 2 aromatic heterocycles. The molecule has 1 aliphatic heterocycles. The standard InChI is InChI=1S/C24H22FN5O/c1-14-12-24(2,3)29-20-17(14)10-15(25)11-18(20)21-27-22-19(23(28-21)31-4)13-26-30(22)16-8-6-5-7-9-16/h5-13,29H,1-4H3. The summed E-state index contributed by atoms with van der Waals surface area (Å²) in [7, 11) is 1.56. The molecule has 7 heteroatoms. The van der Waals surface area contributed by atoms with E-state index in [-0.39, 0.29) is 11.4 Å². The Kier molecular flexibility index (Phi) is 4.28. The predicted octanol–water partition coefficient (Wildman–Crippen LogP) is 5.24. The van der Waals surface area contributed by atoms with Gasteiger partial charge in [-0.3, -0.25) is 0 Å². The van der Waals surface area contributed by atoms with Crippen LogP contribution < -0.4 is 10.1 Å². The molecule has 1 N–H and O–H groups in total. The van der Waals surface area contributed by atoms with Crippen molar-refractivity contribution in [1.29, 1.82) is 0 Å². The third kappa shape index (κ3) is 3.22. The molecule has 0 amide bonds. The number of para-hydroxylation sites is 1. The first-order valence-corrected chi connectivity index (χ1v) is 10.0. The van der Waals surface area contributed by atoms with Gasteiger partial charge in [-0.25, -0.2) is 14.1 Å². The number of nitrogens with one attached hydrogen (secondary N) is 1. The van der Waals surface area contributed by atoms with Gasteiger partial charge < -0.3 is 10.1 Å². The minimum absolute atomic E-state index is 0.288. The maximum absolute atomic E-state index is 14.6. The first-order chi connectivity index (χ1) is 14.9. The molecule has 0 saturated heterocycles. The molecule has 3 heterocycles. The van der Waals surface area contributed by atoms with Crippen LogP contribution in [0.15, 0.2) is 54.7 Å². The third-order valence-electron chi connectivity index (χ3n) is 5.38. The zero-order valence-corrected chi connectivity index (χ0v) is 17.8. The molecule has 0 atom stereocenters. The van der Waals surface area contributed by atoms with Crippen molar-refractivity contribution in [1.82, 2.24) is 19.7 Å². The molecule has 0 bridgehead atoms. The van der Waals surface area contributed by atoms with Crippen LogP contribution in [0.4, 0.5) is 10.1 Å². The van der Waals surface area contributed by atoms with Gasteiger partial charge in [0.05, 0.1) is 30.2 Å². The van der Waals surface area contributed by atoms with Crippen LogP contribution in [0.3, 0.4) is 0 Å². The Morgan fingerprint density at radius 3 is 2.55 bits per heavy atom. The van der Waals surface area contributed by atoms with Crippen LogP contribution in [0.2, 0.25) is 0 Å². The first kappa shape index (κ1) is 19.2. The molecule has 0 spiro atoms. The average molecular weight is 415 g/mol. The van der Waals surface area contributed by atoms with Gasteiger partial charge in [-0.15, -0.1) is 0 Å². The molecule has 5 rings (SSSR count). The fourth-order valence-corrected chi connectivity index (χ4v) is 4.12. The second-order valence-corrected chi connectivity index (χ2v) is 8.24. The van der Waals surface area contributed by atoms with Crippen LogP contribution in [-0.4, -0.2) is 32.4 Å². The number of anilines is 1. The summed E-state index contributed by atoms with van der Waals surface area (Å²) in [6, 6.07) is 12.7. The van der Waals surface area contributed by atoms with Crippen LogP contribution in [-0.2, 0) is 0 Å². The van der Waals surface area contributed by atoms with E-state index < -0.39 is 0 Å². The summed E-state index contributed by atoms with van der Waals surface area (Å²) >= 11 is 0. The van der Waals surface area contributed by atoms with E-state index in [0.29, 0.717) is 28.3 Å². The van der Waals surface area contributed by atoms with Crippen molar-refractivity contribution in [3.63, 3.8) is 0 Å². The van der Waals surface area contributed by atoms with Crippen molar-refractivity contribution in [3.8, 4) is 23.0 Å². The molecular weight excluding hydrogens is 393 g/mol. The zero-order valence-electron chi connectivity index (χ0n) is 17.8. The number of hydrogen-bond donors (Lipinski definition) is 1. The van der Waals surface area contributed by atoms with Crippen molar-refractivity contribution < 1.29 is 9.13 Å². The molecular formula is C24H22FN5O. The summed E-state index contributed by atoms with van der Waals surface area (Å²) in [6.45, 7) is 6.13. The number of halogens is 1. The number of aromatic nitrogens is 4. The predicted molar refractivity (Wildman–Crippen MR) is 120 cm³/mol. The number of ether oxygens (including phenoxy) is 1. The summed E-state index contributed by atoms with van der Waals surface area (Å²) in [4.78, 5) is 9.40. The minimum Gasteiger partial charge on any atom is -0.480 e. The Hall–Kier alpha value is -3.74. The van der Waals surface area contributed by atoms with Crippen LogP contribution in [0.1, 0.15) is 26.3 Å². The summed E-state index contributed by atoms with van der Waals surface area (Å²) in [5.74, 6) is 0.417. The Morgan fingerprint density at radius 2 is 1.81 bits per heavy atom. The lowest BCUT2D eigenvalue weighted by atomic mass is 9.89. The third-order valence-corrected chi connectivity index (χ3v) is 5.38. The lowest BCUT2D eigenvalue weighted by Crippen LogP contribution is -2.32. The van der Waals surface area contributed by atoms with Crippen LogP contribution in [0.25, 0.3) is 33.7 Å². The Labute approximate surface area is 179 Å². The quantitative estimate of drug-likeness (QED) is 0.496. The normalized spacial score (nSPS) is 14.7. The largest absolute Gasteiger partial charge is 0.480 e. The van der Waals surface area contributed by atoms with Gasteiger partial charge in [-0.05, 0) is 50.6 Å². The highest BCUT2D eigenvalue weighted by Crippen LogP contribution is 2.41. The van der Waals surface area contributed by atoms with Gasteiger partial charge in [0.1, 0.15) is 11.2 Å². The fraction of sp³-hybridized carbons (Fsp3) is 0.208. The van der Waals surface area contributed by atoms with Crippen LogP contribution >= 0.6 is 0 Å². The maximum Gasteiger partial charge on any atom is 0.228 e. The van der Waals surface area contributed by atoms with E-state index in [9.17, 15) is 4.39 Å². The van der Waals surface area contributed by atoms with E-state index in [0.717, 1.165) is 22.5 Å². The highest BCUT2D eigenvalue weighted by atomic mass is 19.1. The van der Waals surface area contributed by atoms with E-state index in [4.69, 9.17) is 9.72 Å². The summed E-state index contributed by atoms with van der Waals surface area (Å²) in [6.07, 6.45) is 3.77. The van der Waals surface area contributed by atoms with Gasteiger partial charge in [-0.2, -0.15) is 10.1 Å². The topological polar surface area (TPSA) is 64.9 Å². The van der Waals surface area contributed by atoms with E-state index in [1.807, 2.05) is 37.3 Å². The molecule has 2 aromatic carbocycles. The smallest absolute Gasteiger partial charge is 0.228 e. The van der Waals surface area contributed by atoms with Gasteiger partial charge in [-0.1, -0.05) is 24.3 Å². The van der Waals surface area contributed by atoms with Crippen molar-refractivity contribution in [2.75, 3.05) is 12.4 Å². The molecule has 156 valence electrons. The number of methoxy groups -OCH3 is 1. The molecule has 0 fully saturated rings. The fourth-order valence-electron chi connectivity index (χ4n) is 4.12. The number of rotatable bonds is 3. The molecule has 4 aromatic rings. The van der Waals surface area contributed by atoms with Gasteiger partial charge in [0, 0.05) is 11.1 Å². The van der Waals surface area contributed by atoms with Crippen molar-refractivity contribution in [2.45, 2.75) is 26.3 Å². The second-order valence-electron chi connectivity index (χ2n) is 8.24. The van der Waals surface area contributed by atoms with Gasteiger partial charge in [0.25, 0.3) is 0 Å². The van der Waals surface area contributed by atoms with Crippen LogP contribution in [0, 0.1) is 5.82 Å². The molecule has 0 radical (unpaired) electrons. The average Bonchev–Trinajstić information content (AvgIpc) is 3.17. The number of nitrogens with zero attached hydrogens (tertiary/aromatic N) is 4. The highest BCUT2D eigenvalue weighted by molar-refractivity contribution is 5.91. The van der Waals surface area contributed by atoms with Gasteiger partial charge >= 0.3 is 0 Å². The first-order valence-electron chi connectivity index (χ1n) is 10.0. The Morgan fingerprint density at radius 1 is 1.06 bits per heavy atom. The van der Waals surface area contributed by atoms with Crippen molar-refractivity contribution in [2.24, 2.45) is 0 Å². The zero-order chi connectivity index (χ0) is 21.8. The number of fused-ring (bicyclic) bond motifs is 2. The molecule has 1 aliphatic rings. The monoisotopic (exact) mass is 415 g/mol. The summed E-state index contributed by atoms with van der Waals surface area (Å²) in [5.41, 5.74) is 4.35. The van der Waals surface area contributed by atoms with Crippen molar-refractivity contribution >= 4 is 22.3 Å². The van der Waals surface area contributed by atoms with E-state index >= 15 is 0 Å². The summed E-state index contributed by atoms with van der Waals surface area (Å²) < 4.78 is 21.9. The summed E-state index contributed by atoms with van der Waals surface area (Å²) in [5, 5.41) is 8.67. The van der Waals surface area contributed by atoms with Gasteiger partial charge in [0.2, 0.25) is 5.88 Å². The van der Waals surface area contributed by atoms with Crippen molar-refractivity contribution in [3.05, 3.63) is 66.1 Å². The SMILES string of the molecule is COc1nc(-c2cc(F)cc3c2NC(C)(C)C=C3C)nc2c1cnn2-c1ccccc1. The molecule has 0 saturated carbocycles. The maximum atomic E-state index is 14.6.